The molecule has 1 amide bonds. The number of aryl methyl sites for hydroxylation is 1. The number of benzene rings is 2. The average molecular weight is 310 g/mol. The van der Waals surface area contributed by atoms with Crippen molar-refractivity contribution in [2.24, 2.45) is 5.10 Å². The van der Waals surface area contributed by atoms with E-state index in [1.807, 2.05) is 0 Å². The fourth-order valence-electron chi connectivity index (χ4n) is 2.27. The molecule has 0 aliphatic heterocycles. The fraction of sp³-hybridized carbons (Fsp3) is 0.0588. The summed E-state index contributed by atoms with van der Waals surface area (Å²) < 4.78 is 5.48. The van der Waals surface area contributed by atoms with Crippen LogP contribution in [0.15, 0.2) is 52.0 Å². The molecule has 116 valence electrons. The highest BCUT2D eigenvalue weighted by Gasteiger charge is 2.19. The van der Waals surface area contributed by atoms with Crippen LogP contribution in [0.3, 0.4) is 0 Å². The molecule has 0 saturated heterocycles. The zero-order chi connectivity index (χ0) is 16.4. The lowest BCUT2D eigenvalue weighted by Crippen LogP contribution is -2.17. The molecule has 1 heterocycles. The largest absolute Gasteiger partial charge is 0.508 e. The number of phenols is 2. The van der Waals surface area contributed by atoms with E-state index in [0.29, 0.717) is 16.5 Å². The quantitative estimate of drug-likeness (QED) is 0.512. The first kappa shape index (κ1) is 14.6. The van der Waals surface area contributed by atoms with E-state index in [4.69, 9.17) is 4.42 Å². The number of furan rings is 1. The molecule has 6 heteroatoms. The first-order valence-electron chi connectivity index (χ1n) is 6.90. The number of carbonyl (C=O) groups excluding carboxylic acids is 1. The van der Waals surface area contributed by atoms with Crippen molar-refractivity contribution in [1.29, 1.82) is 0 Å². The van der Waals surface area contributed by atoms with Crippen LogP contribution in [0.25, 0.3) is 11.0 Å². The Labute approximate surface area is 131 Å². The van der Waals surface area contributed by atoms with Gasteiger partial charge in [0.25, 0.3) is 0 Å². The van der Waals surface area contributed by atoms with Crippen molar-refractivity contribution in [1.82, 2.24) is 5.43 Å². The van der Waals surface area contributed by atoms with Crippen LogP contribution < -0.4 is 5.43 Å². The van der Waals surface area contributed by atoms with E-state index in [-0.39, 0.29) is 17.3 Å². The van der Waals surface area contributed by atoms with Crippen LogP contribution >= 0.6 is 0 Å². The third kappa shape index (κ3) is 2.87. The number of nitrogens with zero attached hydrogens (tertiary/aromatic N) is 1. The summed E-state index contributed by atoms with van der Waals surface area (Å²) >= 11 is 0. The van der Waals surface area contributed by atoms with Gasteiger partial charge in [-0.1, -0.05) is 6.07 Å². The minimum atomic E-state index is -0.506. The Morgan fingerprint density at radius 3 is 2.61 bits per heavy atom. The van der Waals surface area contributed by atoms with Gasteiger partial charge in [-0.15, -0.1) is 0 Å². The van der Waals surface area contributed by atoms with Gasteiger partial charge in [0, 0.05) is 5.56 Å². The van der Waals surface area contributed by atoms with Crippen LogP contribution in [-0.2, 0) is 0 Å². The number of hydrazone groups is 1. The van der Waals surface area contributed by atoms with Crippen LogP contribution in [0.4, 0.5) is 0 Å². The van der Waals surface area contributed by atoms with Crippen LogP contribution in [0.5, 0.6) is 11.5 Å². The number of phenolic OH excluding ortho intramolecular Hbond substituents is 2. The maximum Gasteiger partial charge on any atom is 0.307 e. The molecule has 6 nitrogen and oxygen atoms in total. The molecule has 0 bridgehead atoms. The first-order valence-corrected chi connectivity index (χ1v) is 6.90. The second-order valence-electron chi connectivity index (χ2n) is 5.00. The number of fused-ring (bicyclic) bond motifs is 1. The molecule has 1 aromatic heterocycles. The van der Waals surface area contributed by atoms with Gasteiger partial charge < -0.3 is 14.6 Å². The molecule has 0 spiro atoms. The van der Waals surface area contributed by atoms with E-state index >= 15 is 0 Å². The smallest absolute Gasteiger partial charge is 0.307 e. The number of carbonyl (C=O) groups is 1. The summed E-state index contributed by atoms with van der Waals surface area (Å²) in [7, 11) is 0. The van der Waals surface area contributed by atoms with Crippen LogP contribution in [-0.4, -0.2) is 22.3 Å². The van der Waals surface area contributed by atoms with Crippen molar-refractivity contribution in [3.63, 3.8) is 0 Å². The van der Waals surface area contributed by atoms with Crippen LogP contribution in [0.2, 0.25) is 0 Å². The lowest BCUT2D eigenvalue weighted by atomic mass is 10.1. The minimum Gasteiger partial charge on any atom is -0.508 e. The van der Waals surface area contributed by atoms with Crippen molar-refractivity contribution in [3.8, 4) is 11.5 Å². The summed E-state index contributed by atoms with van der Waals surface area (Å²) in [4.78, 5) is 12.2. The van der Waals surface area contributed by atoms with Crippen molar-refractivity contribution in [2.75, 3.05) is 0 Å². The summed E-state index contributed by atoms with van der Waals surface area (Å²) in [6.45, 7) is 1.70. The summed E-state index contributed by atoms with van der Waals surface area (Å²) in [5, 5.41) is 23.4. The summed E-state index contributed by atoms with van der Waals surface area (Å²) in [5.74, 6) is -0.184. The molecule has 0 aliphatic rings. The Hall–Kier alpha value is -3.28. The van der Waals surface area contributed by atoms with Gasteiger partial charge in [-0.25, -0.2) is 5.43 Å². The third-order valence-corrected chi connectivity index (χ3v) is 3.41. The third-order valence-electron chi connectivity index (χ3n) is 3.41. The maximum atomic E-state index is 12.2. The molecule has 0 atom stereocenters. The highest BCUT2D eigenvalue weighted by Crippen LogP contribution is 2.32. The maximum absolute atomic E-state index is 12.2. The zero-order valence-corrected chi connectivity index (χ0v) is 12.3. The Bertz CT molecular complexity index is 895. The van der Waals surface area contributed by atoms with Gasteiger partial charge in [-0.2, -0.15) is 5.10 Å². The van der Waals surface area contributed by atoms with Gasteiger partial charge in [-0.05, 0) is 48.9 Å². The zero-order valence-electron chi connectivity index (χ0n) is 12.3. The Morgan fingerprint density at radius 2 is 1.91 bits per heavy atom. The molecule has 0 aliphatic carbocycles. The number of aromatic hydroxyl groups is 2. The van der Waals surface area contributed by atoms with E-state index in [2.05, 4.69) is 10.5 Å². The number of hydrogen-bond donors (Lipinski definition) is 3. The SMILES string of the molecule is Cc1c(C(=O)N/N=C\c2ccc(O)cc2)oc2cccc(O)c12. The van der Waals surface area contributed by atoms with Crippen molar-refractivity contribution >= 4 is 23.1 Å². The van der Waals surface area contributed by atoms with Gasteiger partial charge in [0.2, 0.25) is 0 Å². The topological polar surface area (TPSA) is 95.1 Å². The predicted molar refractivity (Wildman–Crippen MR) is 85.8 cm³/mol. The minimum absolute atomic E-state index is 0.0652. The molecule has 3 rings (SSSR count). The molecular weight excluding hydrogens is 296 g/mol. The van der Waals surface area contributed by atoms with E-state index < -0.39 is 5.91 Å². The van der Waals surface area contributed by atoms with Gasteiger partial charge in [0.1, 0.15) is 17.1 Å². The van der Waals surface area contributed by atoms with E-state index in [1.54, 1.807) is 31.2 Å². The molecule has 0 fully saturated rings. The molecule has 0 radical (unpaired) electrons. The summed E-state index contributed by atoms with van der Waals surface area (Å²) in [5.41, 5.74) is 4.09. The van der Waals surface area contributed by atoms with E-state index in [9.17, 15) is 15.0 Å². The standard InChI is InChI=1S/C17H14N2O4/c1-10-15-13(21)3-2-4-14(15)23-16(10)17(22)19-18-9-11-5-7-12(20)8-6-11/h2-9,20-21H,1H3,(H,19,22)/b18-9-. The van der Waals surface area contributed by atoms with Gasteiger partial charge in [0.15, 0.2) is 5.76 Å². The summed E-state index contributed by atoms with van der Waals surface area (Å²) in [6, 6.07) is 11.2. The number of hydrogen-bond acceptors (Lipinski definition) is 5. The molecule has 0 unspecified atom stereocenters. The van der Waals surface area contributed by atoms with Gasteiger partial charge in [0.05, 0.1) is 11.6 Å². The van der Waals surface area contributed by atoms with Crippen LogP contribution in [0.1, 0.15) is 21.7 Å². The second kappa shape index (κ2) is 5.84. The highest BCUT2D eigenvalue weighted by molar-refractivity contribution is 6.00. The van der Waals surface area contributed by atoms with Gasteiger partial charge >= 0.3 is 5.91 Å². The molecule has 2 aromatic carbocycles. The Kier molecular flexibility index (Phi) is 3.72. The predicted octanol–water partition coefficient (Wildman–Crippen LogP) is 2.92. The summed E-state index contributed by atoms with van der Waals surface area (Å²) in [6.07, 6.45) is 1.45. The van der Waals surface area contributed by atoms with Crippen LogP contribution in [0, 0.1) is 6.92 Å². The Balaban J connectivity index is 1.80. The second-order valence-corrected chi connectivity index (χ2v) is 5.00. The fourth-order valence-corrected chi connectivity index (χ4v) is 2.27. The number of amides is 1. The Morgan fingerprint density at radius 1 is 1.17 bits per heavy atom. The van der Waals surface area contributed by atoms with E-state index in [0.717, 1.165) is 5.56 Å². The highest BCUT2D eigenvalue weighted by atomic mass is 16.3. The molecule has 23 heavy (non-hydrogen) atoms. The molecule has 0 saturated carbocycles. The lowest BCUT2D eigenvalue weighted by Gasteiger charge is -1.98. The number of rotatable bonds is 3. The number of nitrogens with one attached hydrogen (secondary N) is 1. The molecule has 3 N–H and O–H groups in total. The molecular formula is C17H14N2O4. The van der Waals surface area contributed by atoms with E-state index in [1.165, 1.54) is 24.4 Å². The normalized spacial score (nSPS) is 11.2. The first-order chi connectivity index (χ1) is 11.1. The van der Waals surface area contributed by atoms with Gasteiger partial charge in [-0.3, -0.25) is 4.79 Å². The average Bonchev–Trinajstić information content (AvgIpc) is 2.88. The monoisotopic (exact) mass is 310 g/mol. The lowest BCUT2D eigenvalue weighted by molar-refractivity contribution is 0.0929. The van der Waals surface area contributed by atoms with Crippen molar-refractivity contribution < 1.29 is 19.4 Å². The van der Waals surface area contributed by atoms with Crippen molar-refractivity contribution in [2.45, 2.75) is 6.92 Å². The molecule has 3 aromatic rings. The van der Waals surface area contributed by atoms with Crippen molar-refractivity contribution in [3.05, 3.63) is 59.4 Å².